The van der Waals surface area contributed by atoms with Crippen LogP contribution in [0.1, 0.15) is 39.5 Å². The van der Waals surface area contributed by atoms with E-state index in [4.69, 9.17) is 4.42 Å². The van der Waals surface area contributed by atoms with Crippen molar-refractivity contribution in [1.29, 1.82) is 0 Å². The van der Waals surface area contributed by atoms with Crippen molar-refractivity contribution < 1.29 is 13.2 Å². The standard InChI is InChI=1S/C31H30F2N2O/c1-3-5-17-35(18-6-4-2)23-14-11-21(12-15-23)26-20-29-30(25-10-8-7-9-24(25)26)34-31(36-29)22-13-16-27(32)28(33)19-22/h7-16,19-20H,3-6,17-18H2,1-2H3. The summed E-state index contributed by atoms with van der Waals surface area (Å²) >= 11 is 0. The van der Waals surface area contributed by atoms with E-state index in [0.29, 0.717) is 16.7 Å². The Hall–Kier alpha value is -3.73. The SMILES string of the molecule is CCCCN(CCCC)c1ccc(-c2cc3oc(-c4ccc(F)c(F)c4)nc3c3ccccc23)cc1. The van der Waals surface area contributed by atoms with Crippen molar-refractivity contribution in [2.45, 2.75) is 39.5 Å². The Balaban J connectivity index is 1.56. The molecule has 0 saturated carbocycles. The highest BCUT2D eigenvalue weighted by molar-refractivity contribution is 6.11. The Labute approximate surface area is 210 Å². The lowest BCUT2D eigenvalue weighted by atomic mass is 9.97. The Morgan fingerprint density at radius 2 is 1.42 bits per heavy atom. The maximum atomic E-state index is 13.8. The fourth-order valence-electron chi connectivity index (χ4n) is 4.67. The van der Waals surface area contributed by atoms with Gasteiger partial charge in [-0.05, 0) is 65.8 Å². The molecule has 184 valence electrons. The zero-order valence-corrected chi connectivity index (χ0v) is 20.7. The van der Waals surface area contributed by atoms with E-state index in [9.17, 15) is 8.78 Å². The molecular weight excluding hydrogens is 454 g/mol. The van der Waals surface area contributed by atoms with Gasteiger partial charge in [0, 0.05) is 29.7 Å². The third-order valence-electron chi connectivity index (χ3n) is 6.67. The molecular formula is C31H30F2N2O. The van der Waals surface area contributed by atoms with Crippen LogP contribution >= 0.6 is 0 Å². The number of fused-ring (bicyclic) bond motifs is 3. The second kappa shape index (κ2) is 10.5. The first-order valence-corrected chi connectivity index (χ1v) is 12.7. The summed E-state index contributed by atoms with van der Waals surface area (Å²) in [5, 5.41) is 2.02. The van der Waals surface area contributed by atoms with Gasteiger partial charge in [-0.15, -0.1) is 0 Å². The Morgan fingerprint density at radius 3 is 2.08 bits per heavy atom. The number of anilines is 1. The summed E-state index contributed by atoms with van der Waals surface area (Å²) in [6.45, 7) is 6.58. The van der Waals surface area contributed by atoms with Crippen molar-refractivity contribution in [1.82, 2.24) is 4.98 Å². The first-order valence-electron chi connectivity index (χ1n) is 12.7. The molecule has 4 aromatic carbocycles. The van der Waals surface area contributed by atoms with Crippen LogP contribution in [-0.2, 0) is 0 Å². The summed E-state index contributed by atoms with van der Waals surface area (Å²) in [4.78, 5) is 7.12. The molecule has 0 spiro atoms. The third kappa shape index (κ3) is 4.70. The quantitative estimate of drug-likeness (QED) is 0.209. The molecule has 0 bridgehead atoms. The minimum Gasteiger partial charge on any atom is -0.436 e. The van der Waals surface area contributed by atoms with Crippen LogP contribution in [0.4, 0.5) is 14.5 Å². The molecule has 0 amide bonds. The number of hydrogen-bond acceptors (Lipinski definition) is 3. The number of aromatic nitrogens is 1. The predicted octanol–water partition coefficient (Wildman–Crippen LogP) is 9.00. The van der Waals surface area contributed by atoms with Gasteiger partial charge in [-0.1, -0.05) is 63.1 Å². The maximum Gasteiger partial charge on any atom is 0.227 e. The van der Waals surface area contributed by atoms with Crippen LogP contribution in [0.2, 0.25) is 0 Å². The van der Waals surface area contributed by atoms with Crippen LogP contribution in [0.15, 0.2) is 77.2 Å². The number of oxazole rings is 1. The van der Waals surface area contributed by atoms with Crippen LogP contribution in [-0.4, -0.2) is 18.1 Å². The van der Waals surface area contributed by atoms with E-state index < -0.39 is 11.6 Å². The molecule has 1 aromatic heterocycles. The van der Waals surface area contributed by atoms with Crippen LogP contribution in [0, 0.1) is 11.6 Å². The zero-order chi connectivity index (χ0) is 25.1. The van der Waals surface area contributed by atoms with Gasteiger partial charge < -0.3 is 9.32 Å². The lowest BCUT2D eigenvalue weighted by Gasteiger charge is -2.25. The largest absolute Gasteiger partial charge is 0.436 e. The van der Waals surface area contributed by atoms with Crippen molar-refractivity contribution in [2.75, 3.05) is 18.0 Å². The van der Waals surface area contributed by atoms with E-state index in [0.717, 1.165) is 47.1 Å². The van der Waals surface area contributed by atoms with E-state index >= 15 is 0 Å². The van der Waals surface area contributed by atoms with Crippen LogP contribution in [0.25, 0.3) is 44.5 Å². The van der Waals surface area contributed by atoms with Crippen molar-refractivity contribution in [2.24, 2.45) is 0 Å². The first-order chi connectivity index (χ1) is 17.6. The van der Waals surface area contributed by atoms with Gasteiger partial charge in [0.1, 0.15) is 5.52 Å². The number of hydrogen-bond donors (Lipinski definition) is 0. The lowest BCUT2D eigenvalue weighted by molar-refractivity contribution is 0.508. The first kappa shape index (κ1) is 24.0. The van der Waals surface area contributed by atoms with Crippen LogP contribution in [0.5, 0.6) is 0 Å². The monoisotopic (exact) mass is 484 g/mol. The highest BCUT2D eigenvalue weighted by Crippen LogP contribution is 2.37. The van der Waals surface area contributed by atoms with Crippen LogP contribution < -0.4 is 4.90 Å². The van der Waals surface area contributed by atoms with Gasteiger partial charge in [-0.2, -0.15) is 0 Å². The molecule has 1 heterocycles. The molecule has 36 heavy (non-hydrogen) atoms. The maximum absolute atomic E-state index is 13.8. The molecule has 0 radical (unpaired) electrons. The Morgan fingerprint density at radius 1 is 0.750 bits per heavy atom. The molecule has 0 aliphatic carbocycles. The van der Waals surface area contributed by atoms with Gasteiger partial charge in [0.15, 0.2) is 17.2 Å². The second-order valence-corrected chi connectivity index (χ2v) is 9.21. The summed E-state index contributed by atoms with van der Waals surface area (Å²) in [6, 6.07) is 22.5. The van der Waals surface area contributed by atoms with E-state index in [2.05, 4.69) is 54.1 Å². The average Bonchev–Trinajstić information content (AvgIpc) is 3.35. The summed E-state index contributed by atoms with van der Waals surface area (Å²) in [5.74, 6) is -1.55. The van der Waals surface area contributed by atoms with Crippen molar-refractivity contribution in [3.05, 3.63) is 84.4 Å². The summed E-state index contributed by atoms with van der Waals surface area (Å²) < 4.78 is 33.3. The summed E-state index contributed by atoms with van der Waals surface area (Å²) in [6.07, 6.45) is 4.71. The van der Waals surface area contributed by atoms with Gasteiger partial charge in [0.2, 0.25) is 5.89 Å². The second-order valence-electron chi connectivity index (χ2n) is 9.21. The van der Waals surface area contributed by atoms with Gasteiger partial charge in [0.05, 0.1) is 0 Å². The number of unbranched alkanes of at least 4 members (excludes halogenated alkanes) is 2. The molecule has 0 saturated heterocycles. The average molecular weight is 485 g/mol. The van der Waals surface area contributed by atoms with Crippen molar-refractivity contribution in [3.8, 4) is 22.6 Å². The smallest absolute Gasteiger partial charge is 0.227 e. The fraction of sp³-hybridized carbons (Fsp3) is 0.258. The zero-order valence-electron chi connectivity index (χ0n) is 20.7. The van der Waals surface area contributed by atoms with Gasteiger partial charge >= 0.3 is 0 Å². The molecule has 3 nitrogen and oxygen atoms in total. The third-order valence-corrected chi connectivity index (χ3v) is 6.67. The predicted molar refractivity (Wildman–Crippen MR) is 144 cm³/mol. The van der Waals surface area contributed by atoms with Gasteiger partial charge in [-0.3, -0.25) is 0 Å². The highest BCUT2D eigenvalue weighted by atomic mass is 19.2. The molecule has 5 aromatic rings. The molecule has 0 unspecified atom stereocenters. The van der Waals surface area contributed by atoms with Crippen molar-refractivity contribution in [3.63, 3.8) is 0 Å². The number of benzene rings is 4. The van der Waals surface area contributed by atoms with E-state index in [-0.39, 0.29) is 5.89 Å². The van der Waals surface area contributed by atoms with E-state index in [1.54, 1.807) is 0 Å². The topological polar surface area (TPSA) is 29.3 Å². The van der Waals surface area contributed by atoms with Gasteiger partial charge in [0.25, 0.3) is 0 Å². The molecule has 0 fully saturated rings. The van der Waals surface area contributed by atoms with E-state index in [1.807, 2.05) is 24.3 Å². The van der Waals surface area contributed by atoms with Crippen LogP contribution in [0.3, 0.4) is 0 Å². The molecule has 5 heteroatoms. The fourth-order valence-corrected chi connectivity index (χ4v) is 4.67. The summed E-state index contributed by atoms with van der Waals surface area (Å²) in [5.41, 5.74) is 5.10. The Bertz CT molecular complexity index is 1480. The van der Waals surface area contributed by atoms with E-state index in [1.165, 1.54) is 37.4 Å². The molecule has 0 atom stereocenters. The molecule has 0 N–H and O–H groups in total. The summed E-state index contributed by atoms with van der Waals surface area (Å²) in [7, 11) is 0. The Kier molecular flexibility index (Phi) is 6.99. The highest BCUT2D eigenvalue weighted by Gasteiger charge is 2.16. The number of halogens is 2. The number of rotatable bonds is 9. The lowest BCUT2D eigenvalue weighted by Crippen LogP contribution is -2.25. The van der Waals surface area contributed by atoms with Crippen molar-refractivity contribution >= 4 is 27.6 Å². The minimum absolute atomic E-state index is 0.268. The normalized spacial score (nSPS) is 11.4. The van der Waals surface area contributed by atoms with Gasteiger partial charge in [-0.25, -0.2) is 13.8 Å². The molecule has 0 aliphatic heterocycles. The molecule has 5 rings (SSSR count). The molecule has 0 aliphatic rings. The number of nitrogens with zero attached hydrogens (tertiary/aromatic N) is 2. The minimum atomic E-state index is -0.924.